The molecule has 1 N–H and O–H groups in total. The van der Waals surface area contributed by atoms with Crippen LogP contribution in [0.4, 0.5) is 0 Å². The molecule has 5 rings (SSSR count). The quantitative estimate of drug-likeness (QED) is 0.600. The lowest BCUT2D eigenvalue weighted by Crippen LogP contribution is -2.45. The Bertz CT molecular complexity index is 1340. The van der Waals surface area contributed by atoms with Crippen LogP contribution < -0.4 is 0 Å². The lowest BCUT2D eigenvalue weighted by Gasteiger charge is -2.34. The van der Waals surface area contributed by atoms with Gasteiger partial charge in [0.05, 0.1) is 17.5 Å². The number of methoxy groups -OCH3 is 1. The number of aryl methyl sites for hydroxylation is 1. The normalized spacial score (nSPS) is 24.9. The van der Waals surface area contributed by atoms with Gasteiger partial charge in [0.15, 0.2) is 0 Å². The maximum absolute atomic E-state index is 13.8. The number of benzene rings is 2. The molecule has 6 nitrogen and oxygen atoms in total. The van der Waals surface area contributed by atoms with E-state index < -0.39 is 27.0 Å². The maximum Gasteiger partial charge on any atom is 0.315 e. The maximum atomic E-state index is 13.8. The number of carbonyl (C=O) groups excluding carboxylic acids is 1. The van der Waals surface area contributed by atoms with Crippen molar-refractivity contribution in [2.75, 3.05) is 7.11 Å². The summed E-state index contributed by atoms with van der Waals surface area (Å²) < 4.78 is 33.9. The van der Waals surface area contributed by atoms with E-state index in [1.165, 1.54) is 11.1 Å². The summed E-state index contributed by atoms with van der Waals surface area (Å²) in [4.78, 5) is 13.0. The predicted molar refractivity (Wildman–Crippen MR) is 117 cm³/mol. The molecule has 162 valence electrons. The Morgan fingerprint density at radius 2 is 1.87 bits per heavy atom. The largest absolute Gasteiger partial charge is 0.468 e. The molecule has 1 aromatic heterocycles. The molecular formula is C23H22ClNO5S. The van der Waals surface area contributed by atoms with E-state index in [-0.39, 0.29) is 11.3 Å². The Kier molecular flexibility index (Phi) is 4.36. The highest BCUT2D eigenvalue weighted by Crippen LogP contribution is 2.63. The van der Waals surface area contributed by atoms with E-state index in [0.717, 1.165) is 5.56 Å². The van der Waals surface area contributed by atoms with Gasteiger partial charge in [0.2, 0.25) is 0 Å². The van der Waals surface area contributed by atoms with Gasteiger partial charge in [0.25, 0.3) is 10.0 Å². The topological polar surface area (TPSA) is 85.6 Å². The van der Waals surface area contributed by atoms with Crippen molar-refractivity contribution in [2.24, 2.45) is 5.41 Å². The van der Waals surface area contributed by atoms with Gasteiger partial charge in [-0.05, 0) is 56.5 Å². The van der Waals surface area contributed by atoms with Crippen molar-refractivity contribution in [3.63, 3.8) is 0 Å². The lowest BCUT2D eigenvalue weighted by atomic mass is 9.74. The number of rotatable bonds is 3. The minimum atomic E-state index is -3.98. The molecule has 1 saturated carbocycles. The van der Waals surface area contributed by atoms with Crippen molar-refractivity contribution >= 4 is 38.5 Å². The fourth-order valence-corrected chi connectivity index (χ4v) is 7.24. The van der Waals surface area contributed by atoms with Crippen LogP contribution in [0, 0.1) is 12.3 Å². The number of hydrogen-bond donors (Lipinski definition) is 1. The zero-order chi connectivity index (χ0) is 22.2. The Morgan fingerprint density at radius 3 is 2.55 bits per heavy atom. The van der Waals surface area contributed by atoms with Crippen LogP contribution in [0.1, 0.15) is 36.1 Å². The Morgan fingerprint density at radius 1 is 1.16 bits per heavy atom. The molecule has 0 amide bonds. The fraction of sp³-hybridized carbons (Fsp3) is 0.348. The highest BCUT2D eigenvalue weighted by atomic mass is 35.5. The molecular weight excluding hydrogens is 438 g/mol. The summed E-state index contributed by atoms with van der Waals surface area (Å²) in [7, 11) is -2.69. The van der Waals surface area contributed by atoms with Crippen LogP contribution in [0.3, 0.4) is 0 Å². The fourth-order valence-electron chi connectivity index (χ4n) is 5.52. The molecule has 0 saturated heterocycles. The van der Waals surface area contributed by atoms with E-state index in [9.17, 15) is 18.3 Å². The number of ether oxygens (including phenoxy) is 1. The highest BCUT2D eigenvalue weighted by Gasteiger charge is 2.67. The monoisotopic (exact) mass is 459 g/mol. The number of halogens is 1. The van der Waals surface area contributed by atoms with Crippen LogP contribution in [0.5, 0.6) is 0 Å². The molecule has 0 spiro atoms. The van der Waals surface area contributed by atoms with Crippen LogP contribution in [0.25, 0.3) is 10.9 Å². The number of hydrogen-bond acceptors (Lipinski definition) is 5. The van der Waals surface area contributed by atoms with E-state index >= 15 is 0 Å². The third kappa shape index (κ3) is 2.54. The first kappa shape index (κ1) is 20.5. The van der Waals surface area contributed by atoms with E-state index in [4.69, 9.17) is 16.3 Å². The molecule has 2 aliphatic rings. The molecule has 31 heavy (non-hydrogen) atoms. The van der Waals surface area contributed by atoms with Crippen LogP contribution in [0.15, 0.2) is 47.4 Å². The summed E-state index contributed by atoms with van der Waals surface area (Å²) in [5.41, 5.74) is -0.426. The summed E-state index contributed by atoms with van der Waals surface area (Å²) >= 11 is 6.26. The van der Waals surface area contributed by atoms with Gasteiger partial charge in [-0.2, -0.15) is 0 Å². The third-order valence-electron chi connectivity index (χ3n) is 6.93. The summed E-state index contributed by atoms with van der Waals surface area (Å²) in [6.07, 6.45) is 1.51. The minimum absolute atomic E-state index is 0.0862. The lowest BCUT2D eigenvalue weighted by molar-refractivity contribution is -0.167. The standard InChI is InChI=1S/C23H22ClNO5S/c1-14-4-7-16(8-5-14)31(28,29)25-18-9-6-15(24)12-17(18)20-19(25)13-22(21(26)30-2)10-3-11-23(20,22)27/h4-9,12,27H,3,10-11,13H2,1-2H3/t22-,23-/m1/s1. The van der Waals surface area contributed by atoms with Crippen LogP contribution in [-0.4, -0.2) is 30.6 Å². The summed E-state index contributed by atoms with van der Waals surface area (Å²) in [5, 5.41) is 12.8. The molecule has 2 atom stereocenters. The first-order valence-electron chi connectivity index (χ1n) is 10.1. The average molecular weight is 460 g/mol. The second-order valence-corrected chi connectivity index (χ2v) is 10.8. The summed E-state index contributed by atoms with van der Waals surface area (Å²) in [5.74, 6) is -0.516. The van der Waals surface area contributed by atoms with Gasteiger partial charge in [-0.1, -0.05) is 29.3 Å². The Hall–Kier alpha value is -2.35. The Balaban J connectivity index is 1.86. The first-order chi connectivity index (χ1) is 14.7. The van der Waals surface area contributed by atoms with Crippen LogP contribution in [-0.2, 0) is 31.6 Å². The van der Waals surface area contributed by atoms with Crippen molar-refractivity contribution in [2.45, 2.75) is 43.1 Å². The molecule has 0 unspecified atom stereocenters. The molecule has 3 aromatic rings. The number of esters is 1. The number of nitrogens with zero attached hydrogens (tertiary/aromatic N) is 1. The molecule has 0 aliphatic heterocycles. The number of fused-ring (bicyclic) bond motifs is 5. The zero-order valence-corrected chi connectivity index (χ0v) is 18.8. The van der Waals surface area contributed by atoms with Gasteiger partial charge >= 0.3 is 5.97 Å². The van der Waals surface area contributed by atoms with Gasteiger partial charge in [-0.3, -0.25) is 4.79 Å². The van der Waals surface area contributed by atoms with Crippen molar-refractivity contribution in [3.8, 4) is 0 Å². The smallest absolute Gasteiger partial charge is 0.315 e. The van der Waals surface area contributed by atoms with Crippen molar-refractivity contribution in [3.05, 3.63) is 64.3 Å². The van der Waals surface area contributed by atoms with Crippen molar-refractivity contribution in [1.29, 1.82) is 0 Å². The number of aliphatic hydroxyl groups is 1. The SMILES string of the molecule is COC(=O)[C@]12CCC[C@@]1(O)c1c(n(S(=O)(=O)c3ccc(C)cc3)c3ccc(Cl)cc13)C2. The summed E-state index contributed by atoms with van der Waals surface area (Å²) in [6.45, 7) is 1.89. The predicted octanol–water partition coefficient (Wildman–Crippen LogP) is 3.93. The van der Waals surface area contributed by atoms with E-state index in [1.54, 1.807) is 42.5 Å². The zero-order valence-electron chi connectivity index (χ0n) is 17.2. The molecule has 0 radical (unpaired) electrons. The van der Waals surface area contributed by atoms with Crippen molar-refractivity contribution in [1.82, 2.24) is 3.97 Å². The van der Waals surface area contributed by atoms with Gasteiger partial charge in [-0.25, -0.2) is 12.4 Å². The molecule has 8 heteroatoms. The van der Waals surface area contributed by atoms with E-state index in [2.05, 4.69) is 0 Å². The van der Waals surface area contributed by atoms with Crippen molar-refractivity contribution < 1.29 is 23.1 Å². The molecule has 2 aliphatic carbocycles. The highest BCUT2D eigenvalue weighted by molar-refractivity contribution is 7.90. The van der Waals surface area contributed by atoms with E-state index in [0.29, 0.717) is 46.4 Å². The molecule has 0 bridgehead atoms. The van der Waals surface area contributed by atoms with Gasteiger partial charge in [0, 0.05) is 28.1 Å². The molecule has 1 heterocycles. The minimum Gasteiger partial charge on any atom is -0.468 e. The molecule has 1 fully saturated rings. The molecule has 2 aromatic carbocycles. The first-order valence-corrected chi connectivity index (χ1v) is 11.9. The second kappa shape index (κ2) is 6.58. The number of carbonyl (C=O) groups is 1. The van der Waals surface area contributed by atoms with Crippen LogP contribution >= 0.6 is 11.6 Å². The Labute approximate surface area is 185 Å². The second-order valence-electron chi connectivity index (χ2n) is 8.53. The van der Waals surface area contributed by atoms with E-state index in [1.807, 2.05) is 6.92 Å². The van der Waals surface area contributed by atoms with Gasteiger partial charge < -0.3 is 9.84 Å². The summed E-state index contributed by atoms with van der Waals surface area (Å²) in [6, 6.07) is 11.6. The van der Waals surface area contributed by atoms with Gasteiger partial charge in [-0.15, -0.1) is 0 Å². The average Bonchev–Trinajstić information content (AvgIpc) is 3.30. The van der Waals surface area contributed by atoms with Gasteiger partial charge in [0.1, 0.15) is 11.0 Å². The number of aromatic nitrogens is 1. The van der Waals surface area contributed by atoms with Crippen LogP contribution in [0.2, 0.25) is 5.02 Å². The third-order valence-corrected chi connectivity index (χ3v) is 8.93.